The van der Waals surface area contributed by atoms with Gasteiger partial charge in [0.15, 0.2) is 0 Å². The van der Waals surface area contributed by atoms with Crippen molar-refractivity contribution in [2.75, 3.05) is 11.9 Å². The molecule has 28 heavy (non-hydrogen) atoms. The van der Waals surface area contributed by atoms with E-state index in [0.29, 0.717) is 25.2 Å². The molecule has 1 N–H and O–H groups in total. The van der Waals surface area contributed by atoms with E-state index in [0.717, 1.165) is 21.4 Å². The highest BCUT2D eigenvalue weighted by Crippen LogP contribution is 2.30. The molecule has 0 radical (unpaired) electrons. The Bertz CT molecular complexity index is 1140. The fourth-order valence-electron chi connectivity index (χ4n) is 3.22. The molecule has 0 saturated carbocycles. The van der Waals surface area contributed by atoms with Crippen molar-refractivity contribution in [3.63, 3.8) is 0 Å². The van der Waals surface area contributed by atoms with Gasteiger partial charge in [0.2, 0.25) is 10.0 Å². The first-order chi connectivity index (χ1) is 13.5. The van der Waals surface area contributed by atoms with Gasteiger partial charge in [0.05, 0.1) is 5.69 Å². The maximum atomic E-state index is 13.2. The van der Waals surface area contributed by atoms with Gasteiger partial charge < -0.3 is 5.32 Å². The maximum absolute atomic E-state index is 13.2. The summed E-state index contributed by atoms with van der Waals surface area (Å²) in [5.41, 5.74) is 2.77. The van der Waals surface area contributed by atoms with Gasteiger partial charge in [-0.15, -0.1) is 11.3 Å². The standard InChI is InChI=1S/C20H17BrN2O3S2/c21-16-7-3-4-8-17(16)22-20(24)19-18(10-12-27-19)28(25,26)23-11-9-14-5-1-2-6-15(14)13-23/h1-8,10,12H,9,11,13H2,(H,22,24). The number of benzene rings is 2. The molecule has 5 nitrogen and oxygen atoms in total. The molecular weight excluding hydrogens is 460 g/mol. The van der Waals surface area contributed by atoms with E-state index in [1.807, 2.05) is 36.4 Å². The van der Waals surface area contributed by atoms with Crippen LogP contribution in [0, 0.1) is 0 Å². The van der Waals surface area contributed by atoms with Crippen LogP contribution in [0.25, 0.3) is 0 Å². The summed E-state index contributed by atoms with van der Waals surface area (Å²) in [5.74, 6) is -0.433. The lowest BCUT2D eigenvalue weighted by Crippen LogP contribution is -2.36. The second-order valence-corrected chi connectivity index (χ2v) is 10.1. The summed E-state index contributed by atoms with van der Waals surface area (Å²) in [6.45, 7) is 0.722. The molecule has 0 bridgehead atoms. The van der Waals surface area contributed by atoms with Gasteiger partial charge >= 0.3 is 0 Å². The monoisotopic (exact) mass is 476 g/mol. The van der Waals surface area contributed by atoms with Crippen molar-refractivity contribution in [1.82, 2.24) is 4.31 Å². The first-order valence-corrected chi connectivity index (χ1v) is 11.8. The van der Waals surface area contributed by atoms with Crippen LogP contribution in [0.2, 0.25) is 0 Å². The molecule has 4 rings (SSSR count). The van der Waals surface area contributed by atoms with Crippen LogP contribution in [0.1, 0.15) is 20.8 Å². The number of thiophene rings is 1. The summed E-state index contributed by atoms with van der Waals surface area (Å²) < 4.78 is 28.7. The Morgan fingerprint density at radius 3 is 2.54 bits per heavy atom. The second kappa shape index (κ2) is 7.79. The number of rotatable bonds is 4. The zero-order chi connectivity index (χ0) is 19.7. The Morgan fingerprint density at radius 2 is 1.75 bits per heavy atom. The van der Waals surface area contributed by atoms with Gasteiger partial charge in [-0.05, 0) is 57.1 Å². The summed E-state index contributed by atoms with van der Waals surface area (Å²) >= 11 is 4.51. The number of hydrogen-bond donors (Lipinski definition) is 1. The Balaban J connectivity index is 1.61. The molecule has 1 amide bonds. The number of fused-ring (bicyclic) bond motifs is 1. The second-order valence-electron chi connectivity index (χ2n) is 6.41. The fraction of sp³-hybridized carbons (Fsp3) is 0.150. The quantitative estimate of drug-likeness (QED) is 0.602. The highest BCUT2D eigenvalue weighted by Gasteiger charge is 2.32. The number of nitrogens with one attached hydrogen (secondary N) is 1. The average molecular weight is 477 g/mol. The lowest BCUT2D eigenvalue weighted by atomic mass is 10.0. The van der Waals surface area contributed by atoms with E-state index >= 15 is 0 Å². The number of carbonyl (C=O) groups is 1. The van der Waals surface area contributed by atoms with Crippen LogP contribution >= 0.6 is 27.3 Å². The highest BCUT2D eigenvalue weighted by atomic mass is 79.9. The molecule has 0 atom stereocenters. The summed E-state index contributed by atoms with van der Waals surface area (Å²) in [6.07, 6.45) is 0.665. The van der Waals surface area contributed by atoms with E-state index in [9.17, 15) is 13.2 Å². The van der Waals surface area contributed by atoms with E-state index in [2.05, 4.69) is 21.2 Å². The molecule has 2 aromatic carbocycles. The summed E-state index contributed by atoms with van der Waals surface area (Å²) in [5, 5.41) is 4.42. The predicted octanol–water partition coefficient (Wildman–Crippen LogP) is 4.51. The normalized spacial score (nSPS) is 14.5. The third-order valence-corrected chi connectivity index (χ3v) is 8.29. The number of hydrogen-bond acceptors (Lipinski definition) is 4. The smallest absolute Gasteiger partial charge is 0.267 e. The number of amides is 1. The van der Waals surface area contributed by atoms with Crippen molar-refractivity contribution in [3.05, 3.63) is 80.5 Å². The van der Waals surface area contributed by atoms with Gasteiger partial charge in [-0.1, -0.05) is 36.4 Å². The minimum atomic E-state index is -3.77. The van der Waals surface area contributed by atoms with Crippen molar-refractivity contribution in [3.8, 4) is 0 Å². The van der Waals surface area contributed by atoms with Crippen molar-refractivity contribution >= 4 is 48.9 Å². The highest BCUT2D eigenvalue weighted by molar-refractivity contribution is 9.10. The summed E-state index contributed by atoms with van der Waals surface area (Å²) in [7, 11) is -3.77. The molecule has 0 saturated heterocycles. The Kier molecular flexibility index (Phi) is 5.37. The molecule has 0 aliphatic carbocycles. The van der Waals surface area contributed by atoms with E-state index in [-0.39, 0.29) is 9.77 Å². The fourth-order valence-corrected chi connectivity index (χ4v) is 6.32. The van der Waals surface area contributed by atoms with Crippen LogP contribution in [0.5, 0.6) is 0 Å². The SMILES string of the molecule is O=C(Nc1ccccc1Br)c1sccc1S(=O)(=O)N1CCc2ccccc2C1. The number of anilines is 1. The van der Waals surface area contributed by atoms with E-state index in [1.165, 1.54) is 15.9 Å². The third-order valence-electron chi connectivity index (χ3n) is 4.67. The molecule has 1 aliphatic rings. The number of halogens is 1. The van der Waals surface area contributed by atoms with Crippen molar-refractivity contribution < 1.29 is 13.2 Å². The van der Waals surface area contributed by atoms with Crippen LogP contribution in [0.3, 0.4) is 0 Å². The largest absolute Gasteiger partial charge is 0.320 e. The molecule has 8 heteroatoms. The van der Waals surface area contributed by atoms with Crippen molar-refractivity contribution in [1.29, 1.82) is 0 Å². The van der Waals surface area contributed by atoms with Gasteiger partial charge in [-0.25, -0.2) is 8.42 Å². The Hall–Kier alpha value is -2.00. The van der Waals surface area contributed by atoms with Crippen LogP contribution in [-0.2, 0) is 23.0 Å². The lowest BCUT2D eigenvalue weighted by Gasteiger charge is -2.28. The first-order valence-electron chi connectivity index (χ1n) is 8.67. The van der Waals surface area contributed by atoms with Gasteiger partial charge in [-0.3, -0.25) is 4.79 Å². The Labute approximate surface area is 176 Å². The number of nitrogens with zero attached hydrogens (tertiary/aromatic N) is 1. The maximum Gasteiger partial charge on any atom is 0.267 e. The van der Waals surface area contributed by atoms with E-state index in [4.69, 9.17) is 0 Å². The molecule has 3 aromatic rings. The molecule has 1 aromatic heterocycles. The van der Waals surface area contributed by atoms with Crippen LogP contribution in [-0.4, -0.2) is 25.2 Å². The van der Waals surface area contributed by atoms with Crippen molar-refractivity contribution in [2.45, 2.75) is 17.9 Å². The summed E-state index contributed by atoms with van der Waals surface area (Å²) in [4.78, 5) is 13.0. The molecule has 0 unspecified atom stereocenters. The number of carbonyl (C=O) groups excluding carboxylic acids is 1. The number of sulfonamides is 1. The van der Waals surface area contributed by atoms with Gasteiger partial charge in [-0.2, -0.15) is 4.31 Å². The van der Waals surface area contributed by atoms with Crippen LogP contribution in [0.4, 0.5) is 5.69 Å². The zero-order valence-corrected chi connectivity index (χ0v) is 18.0. The molecule has 0 spiro atoms. The molecule has 1 aliphatic heterocycles. The zero-order valence-electron chi connectivity index (χ0n) is 14.8. The predicted molar refractivity (Wildman–Crippen MR) is 114 cm³/mol. The van der Waals surface area contributed by atoms with Crippen molar-refractivity contribution in [2.24, 2.45) is 0 Å². The lowest BCUT2D eigenvalue weighted by molar-refractivity contribution is 0.102. The average Bonchev–Trinajstić information content (AvgIpc) is 3.20. The van der Waals surface area contributed by atoms with E-state index < -0.39 is 15.9 Å². The van der Waals surface area contributed by atoms with Gasteiger partial charge in [0, 0.05) is 17.6 Å². The molecule has 144 valence electrons. The minimum Gasteiger partial charge on any atom is -0.320 e. The number of para-hydroxylation sites is 1. The first kappa shape index (κ1) is 19.3. The summed E-state index contributed by atoms with van der Waals surface area (Å²) in [6, 6.07) is 16.6. The van der Waals surface area contributed by atoms with E-state index in [1.54, 1.807) is 17.5 Å². The third kappa shape index (κ3) is 3.65. The van der Waals surface area contributed by atoms with Gasteiger partial charge in [0.1, 0.15) is 9.77 Å². The minimum absolute atomic E-state index is 0.0569. The molecular formula is C20H17BrN2O3S2. The topological polar surface area (TPSA) is 66.5 Å². The molecule has 0 fully saturated rings. The van der Waals surface area contributed by atoms with Crippen LogP contribution < -0.4 is 5.32 Å². The van der Waals surface area contributed by atoms with Crippen LogP contribution in [0.15, 0.2) is 69.3 Å². The Morgan fingerprint density at radius 1 is 1.04 bits per heavy atom. The molecule has 2 heterocycles. The van der Waals surface area contributed by atoms with Gasteiger partial charge in [0.25, 0.3) is 5.91 Å².